The Kier molecular flexibility index (Phi) is 4.83. The van der Waals surface area contributed by atoms with Gasteiger partial charge in [0.1, 0.15) is 12.3 Å². The predicted molar refractivity (Wildman–Crippen MR) is 74.8 cm³/mol. The van der Waals surface area contributed by atoms with E-state index >= 15 is 0 Å². The van der Waals surface area contributed by atoms with E-state index in [0.717, 1.165) is 31.8 Å². The quantitative estimate of drug-likeness (QED) is 0.833. The van der Waals surface area contributed by atoms with Crippen molar-refractivity contribution in [2.75, 3.05) is 32.7 Å². The summed E-state index contributed by atoms with van der Waals surface area (Å²) in [5, 5.41) is 2.81. The van der Waals surface area contributed by atoms with Gasteiger partial charge in [-0.2, -0.15) is 0 Å². The van der Waals surface area contributed by atoms with Crippen LogP contribution in [0.1, 0.15) is 33.6 Å². The maximum atomic E-state index is 13.8. The molecule has 0 aromatic carbocycles. The van der Waals surface area contributed by atoms with Crippen molar-refractivity contribution >= 4 is 0 Å². The summed E-state index contributed by atoms with van der Waals surface area (Å²) in [7, 11) is 0. The molecule has 0 aromatic heterocycles. The topological polar surface area (TPSA) is 15.3 Å². The summed E-state index contributed by atoms with van der Waals surface area (Å²) in [6.45, 7) is 10.0. The fraction of sp³-hybridized carbons (Fsp3) is 1.00. The molecule has 2 heterocycles. The lowest BCUT2D eigenvalue weighted by molar-refractivity contribution is 0.0361. The summed E-state index contributed by atoms with van der Waals surface area (Å²) >= 11 is 0. The fourth-order valence-corrected chi connectivity index (χ4v) is 3.40. The Morgan fingerprint density at radius 1 is 1.05 bits per heavy atom. The van der Waals surface area contributed by atoms with E-state index in [2.05, 4.69) is 31.0 Å². The molecule has 0 bridgehead atoms. The first-order chi connectivity index (χ1) is 8.88. The molecule has 4 heteroatoms. The Hall–Kier alpha value is -0.220. The molecule has 0 amide bonds. The van der Waals surface area contributed by atoms with Gasteiger partial charge in [0.25, 0.3) is 0 Å². The first-order valence-corrected chi connectivity index (χ1v) is 7.59. The highest BCUT2D eigenvalue weighted by atomic mass is 19.1. The van der Waals surface area contributed by atoms with Crippen molar-refractivity contribution in [2.24, 2.45) is 17.3 Å². The number of hydrogen-bond donors (Lipinski definition) is 1. The standard InChI is InChI=1S/C15H28F2N2/c1-15(2,3)11-4-6-19(7-5-11)10-12-13(16)8-18-9-14(12)17/h11-14,18H,4-10H2,1-3H3. The van der Waals surface area contributed by atoms with Gasteiger partial charge >= 0.3 is 0 Å². The highest BCUT2D eigenvalue weighted by molar-refractivity contribution is 4.89. The second-order valence-electron chi connectivity index (χ2n) is 7.29. The van der Waals surface area contributed by atoms with Gasteiger partial charge in [0.15, 0.2) is 0 Å². The van der Waals surface area contributed by atoms with Crippen molar-refractivity contribution in [3.63, 3.8) is 0 Å². The minimum atomic E-state index is -1.04. The molecule has 2 atom stereocenters. The van der Waals surface area contributed by atoms with Gasteiger partial charge in [0.05, 0.1) is 0 Å². The molecule has 2 aliphatic heterocycles. The van der Waals surface area contributed by atoms with Crippen LogP contribution in [0.2, 0.25) is 0 Å². The van der Waals surface area contributed by atoms with Crippen LogP contribution < -0.4 is 5.32 Å². The third-order valence-electron chi connectivity index (χ3n) is 4.89. The number of likely N-dealkylation sites (tertiary alicyclic amines) is 1. The lowest BCUT2D eigenvalue weighted by Crippen LogP contribution is -2.51. The van der Waals surface area contributed by atoms with Crippen molar-refractivity contribution < 1.29 is 8.78 Å². The van der Waals surface area contributed by atoms with Crippen LogP contribution in [0.25, 0.3) is 0 Å². The van der Waals surface area contributed by atoms with Crippen molar-refractivity contribution in [3.05, 3.63) is 0 Å². The first kappa shape index (κ1) is 15.2. The number of piperidine rings is 2. The molecule has 0 aliphatic carbocycles. The van der Waals surface area contributed by atoms with E-state index in [1.807, 2.05) is 0 Å². The van der Waals surface area contributed by atoms with Crippen LogP contribution in [0.5, 0.6) is 0 Å². The van der Waals surface area contributed by atoms with E-state index in [0.29, 0.717) is 25.0 Å². The predicted octanol–water partition coefficient (Wildman–Crippen LogP) is 2.64. The lowest BCUT2D eigenvalue weighted by Gasteiger charge is -2.41. The van der Waals surface area contributed by atoms with E-state index in [1.54, 1.807) is 0 Å². The van der Waals surface area contributed by atoms with Gasteiger partial charge in [0, 0.05) is 25.6 Å². The zero-order chi connectivity index (χ0) is 14.0. The van der Waals surface area contributed by atoms with Crippen molar-refractivity contribution in [1.29, 1.82) is 0 Å². The van der Waals surface area contributed by atoms with Gasteiger partial charge in [-0.25, -0.2) is 8.78 Å². The summed E-state index contributed by atoms with van der Waals surface area (Å²) < 4.78 is 27.6. The van der Waals surface area contributed by atoms with Crippen molar-refractivity contribution in [2.45, 2.75) is 46.0 Å². The lowest BCUT2D eigenvalue weighted by atomic mass is 9.75. The van der Waals surface area contributed by atoms with Crippen LogP contribution in [0, 0.1) is 17.3 Å². The Morgan fingerprint density at radius 3 is 2.05 bits per heavy atom. The largest absolute Gasteiger partial charge is 0.311 e. The molecule has 2 aliphatic rings. The molecule has 2 saturated heterocycles. The molecule has 112 valence electrons. The molecule has 0 aromatic rings. The summed E-state index contributed by atoms with van der Waals surface area (Å²) in [6, 6.07) is 0. The molecule has 2 unspecified atom stereocenters. The van der Waals surface area contributed by atoms with Crippen LogP contribution >= 0.6 is 0 Å². The minimum absolute atomic E-state index is 0.309. The zero-order valence-corrected chi connectivity index (χ0v) is 12.5. The summed E-state index contributed by atoms with van der Waals surface area (Å²) in [4.78, 5) is 2.26. The van der Waals surface area contributed by atoms with E-state index in [9.17, 15) is 8.78 Å². The molecular formula is C15H28F2N2. The number of halogens is 2. The van der Waals surface area contributed by atoms with Crippen molar-refractivity contribution in [3.8, 4) is 0 Å². The molecule has 2 rings (SSSR count). The van der Waals surface area contributed by atoms with Gasteiger partial charge in [-0.1, -0.05) is 20.8 Å². The Morgan fingerprint density at radius 2 is 1.58 bits per heavy atom. The minimum Gasteiger partial charge on any atom is -0.311 e. The third kappa shape index (κ3) is 3.88. The Bertz CT molecular complexity index is 272. The normalized spacial score (nSPS) is 35.5. The second-order valence-corrected chi connectivity index (χ2v) is 7.29. The molecule has 19 heavy (non-hydrogen) atoms. The molecule has 1 N–H and O–H groups in total. The number of rotatable bonds is 2. The molecule has 2 nitrogen and oxygen atoms in total. The third-order valence-corrected chi connectivity index (χ3v) is 4.89. The molecule has 2 fully saturated rings. The van der Waals surface area contributed by atoms with Gasteiger partial charge in [-0.3, -0.25) is 0 Å². The number of nitrogens with zero attached hydrogens (tertiary/aromatic N) is 1. The number of nitrogens with one attached hydrogen (secondary N) is 1. The molecule has 0 radical (unpaired) electrons. The van der Waals surface area contributed by atoms with Crippen LogP contribution in [-0.2, 0) is 0 Å². The summed E-state index contributed by atoms with van der Waals surface area (Å²) in [5.74, 6) is 0.298. The van der Waals surface area contributed by atoms with Crippen molar-refractivity contribution in [1.82, 2.24) is 10.2 Å². The van der Waals surface area contributed by atoms with Gasteiger partial charge < -0.3 is 10.2 Å². The fourth-order valence-electron chi connectivity index (χ4n) is 3.40. The first-order valence-electron chi connectivity index (χ1n) is 7.59. The van der Waals surface area contributed by atoms with Crippen LogP contribution in [-0.4, -0.2) is 50.0 Å². The molecule has 0 saturated carbocycles. The summed E-state index contributed by atoms with van der Waals surface area (Å²) in [5.41, 5.74) is 0.353. The maximum absolute atomic E-state index is 13.8. The van der Waals surface area contributed by atoms with Crippen LogP contribution in [0.3, 0.4) is 0 Å². The molecular weight excluding hydrogens is 246 g/mol. The second kappa shape index (κ2) is 6.04. The highest BCUT2D eigenvalue weighted by Crippen LogP contribution is 2.34. The number of hydrogen-bond acceptors (Lipinski definition) is 2. The van der Waals surface area contributed by atoms with Crippen LogP contribution in [0.4, 0.5) is 8.78 Å². The average molecular weight is 274 g/mol. The highest BCUT2D eigenvalue weighted by Gasteiger charge is 2.36. The monoisotopic (exact) mass is 274 g/mol. The SMILES string of the molecule is CC(C)(C)C1CCN(CC2C(F)CNCC2F)CC1. The number of alkyl halides is 2. The average Bonchev–Trinajstić information content (AvgIpc) is 2.33. The van der Waals surface area contributed by atoms with E-state index < -0.39 is 18.3 Å². The maximum Gasteiger partial charge on any atom is 0.119 e. The smallest absolute Gasteiger partial charge is 0.119 e. The zero-order valence-electron chi connectivity index (χ0n) is 12.5. The van der Waals surface area contributed by atoms with Crippen LogP contribution in [0.15, 0.2) is 0 Å². The summed E-state index contributed by atoms with van der Waals surface area (Å²) in [6.07, 6.45) is 0.235. The Balaban J connectivity index is 1.82. The molecule has 0 spiro atoms. The Labute approximate surface area is 115 Å². The van der Waals surface area contributed by atoms with E-state index in [-0.39, 0.29) is 0 Å². The van der Waals surface area contributed by atoms with E-state index in [4.69, 9.17) is 0 Å². The van der Waals surface area contributed by atoms with Gasteiger partial charge in [0.2, 0.25) is 0 Å². The van der Waals surface area contributed by atoms with Gasteiger partial charge in [-0.15, -0.1) is 0 Å². The van der Waals surface area contributed by atoms with E-state index in [1.165, 1.54) is 0 Å². The van der Waals surface area contributed by atoms with Gasteiger partial charge in [-0.05, 0) is 37.3 Å².